The average molecular weight is 249 g/mol. The fraction of sp³-hybridized carbons (Fsp3) is 0.111. The Hall–Kier alpha value is -1.60. The topological polar surface area (TPSA) is 59.4 Å². The number of fused-ring (bicyclic) bond motifs is 1. The number of nitrogens with zero attached hydrogens (tertiary/aromatic N) is 4. The minimum Gasteiger partial charge on any atom is -0.258 e. The number of H-pyrrole nitrogens is 1. The number of aromatic amines is 1. The standard InChI is InChI=1S/C9H7N5S2/c15-9-12-11-8(16-9)5-14-7-4-2-1-3-6(7)10-13-14/h1-4H,5H2,(H,12,15). The van der Waals surface area contributed by atoms with E-state index in [4.69, 9.17) is 12.2 Å². The van der Waals surface area contributed by atoms with E-state index in [9.17, 15) is 0 Å². The van der Waals surface area contributed by atoms with Crippen molar-refractivity contribution in [2.45, 2.75) is 6.54 Å². The van der Waals surface area contributed by atoms with Crippen molar-refractivity contribution >= 4 is 34.6 Å². The molecule has 0 aliphatic heterocycles. The van der Waals surface area contributed by atoms with Gasteiger partial charge >= 0.3 is 0 Å². The second-order valence-corrected chi connectivity index (χ2v) is 4.99. The minimum absolute atomic E-state index is 0.596. The van der Waals surface area contributed by atoms with Crippen molar-refractivity contribution in [3.05, 3.63) is 33.2 Å². The van der Waals surface area contributed by atoms with E-state index >= 15 is 0 Å². The summed E-state index contributed by atoms with van der Waals surface area (Å²) < 4.78 is 2.50. The Morgan fingerprint density at radius 3 is 3.06 bits per heavy atom. The van der Waals surface area contributed by atoms with Gasteiger partial charge in [-0.1, -0.05) is 28.7 Å². The van der Waals surface area contributed by atoms with Crippen LogP contribution in [-0.4, -0.2) is 25.2 Å². The summed E-state index contributed by atoms with van der Waals surface area (Å²) in [5, 5.41) is 15.9. The van der Waals surface area contributed by atoms with E-state index < -0.39 is 0 Å². The van der Waals surface area contributed by atoms with Crippen molar-refractivity contribution in [2.75, 3.05) is 0 Å². The molecule has 3 rings (SSSR count). The van der Waals surface area contributed by atoms with Gasteiger partial charge in [-0.15, -0.1) is 5.10 Å². The summed E-state index contributed by atoms with van der Waals surface area (Å²) in [6.45, 7) is 0.596. The Labute approximate surface area is 99.7 Å². The largest absolute Gasteiger partial charge is 0.258 e. The monoisotopic (exact) mass is 249 g/mol. The number of para-hydroxylation sites is 1. The molecule has 0 amide bonds. The summed E-state index contributed by atoms with van der Waals surface area (Å²) >= 11 is 6.43. The Bertz CT molecular complexity index is 680. The second kappa shape index (κ2) is 3.76. The van der Waals surface area contributed by atoms with Gasteiger partial charge in [0.25, 0.3) is 0 Å². The van der Waals surface area contributed by atoms with Crippen molar-refractivity contribution in [1.29, 1.82) is 0 Å². The van der Waals surface area contributed by atoms with Gasteiger partial charge in [-0.2, -0.15) is 5.10 Å². The number of benzene rings is 1. The van der Waals surface area contributed by atoms with Crippen LogP contribution in [0.25, 0.3) is 11.0 Å². The number of hydrogen-bond donors (Lipinski definition) is 1. The summed E-state index contributed by atoms with van der Waals surface area (Å²) in [6.07, 6.45) is 0. The van der Waals surface area contributed by atoms with Crippen LogP contribution in [0.2, 0.25) is 0 Å². The van der Waals surface area contributed by atoms with Crippen molar-refractivity contribution in [2.24, 2.45) is 0 Å². The number of nitrogens with one attached hydrogen (secondary N) is 1. The first-order chi connectivity index (χ1) is 7.83. The maximum atomic E-state index is 4.98. The van der Waals surface area contributed by atoms with Crippen LogP contribution in [0.15, 0.2) is 24.3 Å². The summed E-state index contributed by atoms with van der Waals surface area (Å²) in [5.41, 5.74) is 1.89. The molecule has 0 atom stereocenters. The van der Waals surface area contributed by atoms with Gasteiger partial charge in [0.05, 0.1) is 12.1 Å². The van der Waals surface area contributed by atoms with Crippen LogP contribution in [0, 0.1) is 3.95 Å². The highest BCUT2D eigenvalue weighted by molar-refractivity contribution is 7.73. The van der Waals surface area contributed by atoms with Crippen molar-refractivity contribution < 1.29 is 0 Å². The van der Waals surface area contributed by atoms with E-state index in [1.54, 1.807) is 0 Å². The fourth-order valence-electron chi connectivity index (χ4n) is 1.49. The van der Waals surface area contributed by atoms with E-state index in [0.717, 1.165) is 16.0 Å². The molecule has 2 aromatic heterocycles. The van der Waals surface area contributed by atoms with Crippen LogP contribution in [0.3, 0.4) is 0 Å². The van der Waals surface area contributed by atoms with Crippen molar-refractivity contribution in [3.63, 3.8) is 0 Å². The Morgan fingerprint density at radius 2 is 2.25 bits per heavy atom. The van der Waals surface area contributed by atoms with Gasteiger partial charge in [-0.3, -0.25) is 5.10 Å². The zero-order chi connectivity index (χ0) is 11.0. The van der Waals surface area contributed by atoms with Crippen LogP contribution in [0.1, 0.15) is 5.01 Å². The highest BCUT2D eigenvalue weighted by Crippen LogP contribution is 2.13. The maximum Gasteiger partial charge on any atom is 0.176 e. The molecule has 3 aromatic rings. The van der Waals surface area contributed by atoms with E-state index in [1.165, 1.54) is 11.3 Å². The van der Waals surface area contributed by atoms with E-state index in [-0.39, 0.29) is 0 Å². The molecule has 0 aliphatic rings. The first-order valence-electron chi connectivity index (χ1n) is 4.65. The molecule has 0 bridgehead atoms. The third-order valence-corrected chi connectivity index (χ3v) is 3.26. The molecule has 0 saturated carbocycles. The zero-order valence-corrected chi connectivity index (χ0v) is 9.75. The second-order valence-electron chi connectivity index (χ2n) is 3.24. The smallest absolute Gasteiger partial charge is 0.176 e. The molecule has 0 aliphatic carbocycles. The lowest BCUT2D eigenvalue weighted by atomic mass is 10.3. The molecule has 0 radical (unpaired) electrons. The lowest BCUT2D eigenvalue weighted by Crippen LogP contribution is -2.01. The van der Waals surface area contributed by atoms with Crippen molar-refractivity contribution in [1.82, 2.24) is 25.2 Å². The molecule has 0 spiro atoms. The molecule has 7 heteroatoms. The van der Waals surface area contributed by atoms with Gasteiger partial charge in [-0.25, -0.2) is 4.68 Å². The normalized spacial score (nSPS) is 11.0. The molecule has 2 heterocycles. The summed E-state index contributed by atoms with van der Waals surface area (Å²) in [5.74, 6) is 0. The zero-order valence-electron chi connectivity index (χ0n) is 8.12. The first-order valence-corrected chi connectivity index (χ1v) is 5.88. The van der Waals surface area contributed by atoms with Gasteiger partial charge in [-0.05, 0) is 24.4 Å². The van der Waals surface area contributed by atoms with E-state index in [1.807, 2.05) is 28.9 Å². The van der Waals surface area contributed by atoms with E-state index in [0.29, 0.717) is 10.5 Å². The predicted molar refractivity (Wildman–Crippen MR) is 63.9 cm³/mol. The quantitative estimate of drug-likeness (QED) is 0.706. The predicted octanol–water partition coefficient (Wildman–Crippen LogP) is 1.99. The number of rotatable bonds is 2. The van der Waals surface area contributed by atoms with Crippen LogP contribution in [0.4, 0.5) is 0 Å². The van der Waals surface area contributed by atoms with Gasteiger partial charge in [0.15, 0.2) is 3.95 Å². The SMILES string of the molecule is S=c1[nH]nc(Cn2nnc3ccccc32)s1. The van der Waals surface area contributed by atoms with Crippen molar-refractivity contribution in [3.8, 4) is 0 Å². The molecule has 0 unspecified atom stereocenters. The van der Waals surface area contributed by atoms with Gasteiger partial charge in [0.2, 0.25) is 0 Å². The highest BCUT2D eigenvalue weighted by atomic mass is 32.1. The number of hydrogen-bond acceptors (Lipinski definition) is 5. The lowest BCUT2D eigenvalue weighted by Gasteiger charge is -1.96. The summed E-state index contributed by atoms with van der Waals surface area (Å²) in [7, 11) is 0. The third-order valence-electron chi connectivity index (χ3n) is 2.19. The van der Waals surface area contributed by atoms with Crippen LogP contribution in [0.5, 0.6) is 0 Å². The summed E-state index contributed by atoms with van der Waals surface area (Å²) in [4.78, 5) is 0. The minimum atomic E-state index is 0.596. The van der Waals surface area contributed by atoms with Gasteiger partial charge in [0.1, 0.15) is 10.5 Å². The van der Waals surface area contributed by atoms with E-state index in [2.05, 4.69) is 20.5 Å². The van der Waals surface area contributed by atoms with Crippen LogP contribution in [-0.2, 0) is 6.54 Å². The average Bonchev–Trinajstić information content (AvgIpc) is 2.87. The highest BCUT2D eigenvalue weighted by Gasteiger charge is 2.05. The molecular formula is C9H7N5S2. The first kappa shape index (κ1) is 9.61. The third kappa shape index (κ3) is 1.63. The maximum absolute atomic E-state index is 4.98. The molecule has 0 fully saturated rings. The van der Waals surface area contributed by atoms with Gasteiger partial charge < -0.3 is 0 Å². The van der Waals surface area contributed by atoms with Crippen LogP contribution >= 0.6 is 23.6 Å². The Kier molecular flexibility index (Phi) is 2.26. The van der Waals surface area contributed by atoms with Crippen LogP contribution < -0.4 is 0 Å². The molecular weight excluding hydrogens is 242 g/mol. The summed E-state index contributed by atoms with van der Waals surface area (Å²) in [6, 6.07) is 7.83. The molecule has 1 aromatic carbocycles. The molecule has 5 nitrogen and oxygen atoms in total. The fourth-order valence-corrected chi connectivity index (χ4v) is 2.41. The van der Waals surface area contributed by atoms with Gasteiger partial charge in [0, 0.05) is 0 Å². The molecule has 16 heavy (non-hydrogen) atoms. The molecule has 0 saturated heterocycles. The Balaban J connectivity index is 2.03. The lowest BCUT2D eigenvalue weighted by molar-refractivity contribution is 0.662. The molecule has 1 N–H and O–H groups in total. The number of aromatic nitrogens is 5. The molecule has 80 valence electrons. The Morgan fingerprint density at radius 1 is 1.38 bits per heavy atom.